The second-order valence-corrected chi connectivity index (χ2v) is 15.8. The predicted octanol–water partition coefficient (Wildman–Crippen LogP) is 11.5. The summed E-state index contributed by atoms with van der Waals surface area (Å²) in [4.78, 5) is 0. The fraction of sp³-hybridized carbons (Fsp3) is 0.0323. The summed E-state index contributed by atoms with van der Waals surface area (Å²) >= 11 is 0. The first-order valence-corrected chi connectivity index (χ1v) is 21.4. The van der Waals surface area contributed by atoms with Gasteiger partial charge < -0.3 is 24.8 Å². The first-order valence-electron chi connectivity index (χ1n) is 21.4. The van der Waals surface area contributed by atoms with Gasteiger partial charge in [0.1, 0.15) is 0 Å². The van der Waals surface area contributed by atoms with Crippen LogP contribution in [-0.2, 0) is 52.4 Å². The molecule has 320 valence electrons. The van der Waals surface area contributed by atoms with Gasteiger partial charge in [0.15, 0.2) is 0 Å². The van der Waals surface area contributed by atoms with Crippen LogP contribution in [0.15, 0.2) is 255 Å². The van der Waals surface area contributed by atoms with Crippen molar-refractivity contribution in [3.63, 3.8) is 0 Å². The summed E-state index contributed by atoms with van der Waals surface area (Å²) in [6, 6.07) is 89.7. The third-order valence-corrected chi connectivity index (χ3v) is 11.8. The number of benzene rings is 8. The maximum atomic E-state index is 2.28. The summed E-state index contributed by atoms with van der Waals surface area (Å²) in [5.41, 5.74) is 13.2. The van der Waals surface area contributed by atoms with Crippen LogP contribution >= 0.6 is 0 Å². The average molecular weight is 1050 g/mol. The number of halogens is 2. The molecule has 12 rings (SSSR count). The van der Waals surface area contributed by atoms with Crippen molar-refractivity contribution >= 4 is 43.1 Å². The Hall–Kier alpha value is -5.45. The van der Waals surface area contributed by atoms with Gasteiger partial charge in [0.25, 0.3) is 0 Å². The minimum absolute atomic E-state index is 0. The van der Waals surface area contributed by atoms with Crippen LogP contribution in [0.25, 0.3) is 87.6 Å². The van der Waals surface area contributed by atoms with Gasteiger partial charge in [0, 0.05) is 0 Å². The fourth-order valence-corrected chi connectivity index (χ4v) is 8.48. The van der Waals surface area contributed by atoms with Gasteiger partial charge in [-0.2, -0.15) is 0 Å². The molecule has 12 aromatic rings. The third kappa shape index (κ3) is 12.1. The first-order chi connectivity index (χ1) is 30.6. The molecule has 0 aliphatic heterocycles. The van der Waals surface area contributed by atoms with Gasteiger partial charge in [-0.1, -0.05) is 230 Å². The molecule has 0 N–H and O–H groups in total. The molecule has 0 saturated heterocycles. The van der Waals surface area contributed by atoms with E-state index < -0.39 is 0 Å². The van der Waals surface area contributed by atoms with E-state index in [1.165, 1.54) is 98.7 Å². The summed E-state index contributed by atoms with van der Waals surface area (Å²) < 4.78 is 0. The number of aryl methyl sites for hydroxylation is 2. The van der Waals surface area contributed by atoms with Crippen molar-refractivity contribution in [1.82, 2.24) is 0 Å². The molecule has 0 atom stereocenters. The van der Waals surface area contributed by atoms with E-state index in [1.807, 2.05) is 12.1 Å². The van der Waals surface area contributed by atoms with Crippen molar-refractivity contribution in [2.45, 2.75) is 13.8 Å². The van der Waals surface area contributed by atoms with Gasteiger partial charge in [-0.3, -0.25) is 0 Å². The van der Waals surface area contributed by atoms with Crippen molar-refractivity contribution in [3.8, 4) is 44.5 Å². The Balaban J connectivity index is 0.000000162. The van der Waals surface area contributed by atoms with Crippen LogP contribution in [-0.4, -0.2) is 0 Å². The van der Waals surface area contributed by atoms with Crippen molar-refractivity contribution in [1.29, 1.82) is 0 Å². The molecule has 0 bridgehead atoms. The van der Waals surface area contributed by atoms with Crippen molar-refractivity contribution in [2.75, 3.05) is 0 Å². The number of fused-ring (bicyclic) bond motifs is 4. The van der Waals surface area contributed by atoms with Crippen LogP contribution in [0, 0.1) is 13.8 Å². The van der Waals surface area contributed by atoms with E-state index in [-0.39, 0.29) is 77.2 Å². The molecule has 0 aliphatic rings. The minimum atomic E-state index is 0. The maximum absolute atomic E-state index is 2.28. The Kier molecular flexibility index (Phi) is 19.4. The minimum Gasteiger partial charge on any atom is -1.00 e. The molecular weight excluding hydrogens is 998 g/mol. The zero-order valence-corrected chi connectivity index (χ0v) is 43.4. The Morgan fingerprint density at radius 2 is 0.561 bits per heavy atom. The molecule has 0 amide bonds. The van der Waals surface area contributed by atoms with Gasteiger partial charge >= 0.3 is 52.4 Å². The number of rotatable bonds is 4. The Bertz CT molecular complexity index is 3010. The van der Waals surface area contributed by atoms with Crippen molar-refractivity contribution in [3.05, 3.63) is 266 Å². The molecule has 0 spiro atoms. The molecule has 4 heteroatoms. The molecule has 0 saturated carbocycles. The monoisotopic (exact) mass is 1040 g/mol. The summed E-state index contributed by atoms with van der Waals surface area (Å²) in [5.74, 6) is 0. The molecular formula is C62H48Cl2Zr2-2. The predicted molar refractivity (Wildman–Crippen MR) is 269 cm³/mol. The van der Waals surface area contributed by atoms with Gasteiger partial charge in [-0.05, 0) is 0 Å². The van der Waals surface area contributed by atoms with E-state index in [1.54, 1.807) is 0 Å². The topological polar surface area (TPSA) is 0 Å². The van der Waals surface area contributed by atoms with E-state index in [2.05, 4.69) is 257 Å². The van der Waals surface area contributed by atoms with E-state index in [0.29, 0.717) is 0 Å². The van der Waals surface area contributed by atoms with Crippen LogP contribution in [0.1, 0.15) is 11.1 Å². The molecule has 12 aromatic carbocycles. The summed E-state index contributed by atoms with van der Waals surface area (Å²) in [7, 11) is 0. The van der Waals surface area contributed by atoms with Crippen LogP contribution in [0.2, 0.25) is 0 Å². The molecule has 0 unspecified atom stereocenters. The smallest absolute Gasteiger partial charge is 1.00 e. The second kappa shape index (κ2) is 24.9. The average Bonchev–Trinajstić information content (AvgIpc) is 4.14. The summed E-state index contributed by atoms with van der Waals surface area (Å²) in [5, 5.41) is 10.7. The molecule has 0 heterocycles. The zero-order valence-electron chi connectivity index (χ0n) is 37.0. The van der Waals surface area contributed by atoms with Crippen LogP contribution in [0.4, 0.5) is 0 Å². The number of hydrogen-bond donors (Lipinski definition) is 0. The normalized spacial score (nSPS) is 10.1. The Morgan fingerprint density at radius 1 is 0.288 bits per heavy atom. The second-order valence-electron chi connectivity index (χ2n) is 15.8. The first kappa shape index (κ1) is 51.5. The maximum Gasteiger partial charge on any atom is 2.00 e. The molecule has 66 heavy (non-hydrogen) atoms. The Morgan fingerprint density at radius 3 is 0.879 bits per heavy atom. The van der Waals surface area contributed by atoms with Gasteiger partial charge in [0.2, 0.25) is 0 Å². The van der Waals surface area contributed by atoms with Crippen LogP contribution in [0.5, 0.6) is 0 Å². The number of hydrogen-bond acceptors (Lipinski definition) is 0. The standard InChI is InChI=1S/2C16H13.2C15H11.2ClH.2Zr/c2*1-12-15-10-6-5-9-14(15)11-16(12)13-7-3-2-4-8-13;2*1-2-6-12(7-3-1)15-10-13-8-4-5-9-14(13)11-15;;;;/h2*2-11H,1H3;2*1-11H;2*1H;;/q4*-1;;;2*+2/p-2. The quantitative estimate of drug-likeness (QED) is 0.154. The van der Waals surface area contributed by atoms with Gasteiger partial charge in [-0.25, -0.2) is 0 Å². The van der Waals surface area contributed by atoms with Gasteiger partial charge in [0.05, 0.1) is 0 Å². The molecule has 0 aromatic heterocycles. The molecule has 0 radical (unpaired) electrons. The van der Waals surface area contributed by atoms with E-state index >= 15 is 0 Å². The molecule has 0 fully saturated rings. The fourth-order valence-electron chi connectivity index (χ4n) is 8.48. The SMILES string of the molecule is C[c-]1c(-c2ccccc2)cc2ccccc21.C[c-]1c(-c2ccccc2)cc2ccccc21.[Cl-].[Cl-].[Zr+2].[Zr+2].c1ccc(-c2cc3ccccc3[cH-]2)cc1.c1ccc(-c2cc3ccccc3[cH-]2)cc1. The van der Waals surface area contributed by atoms with Crippen LogP contribution < -0.4 is 24.8 Å². The zero-order chi connectivity index (χ0) is 42.1. The molecule has 0 aliphatic carbocycles. The molecule has 0 nitrogen and oxygen atoms in total. The van der Waals surface area contributed by atoms with Crippen molar-refractivity contribution in [2.24, 2.45) is 0 Å². The van der Waals surface area contributed by atoms with Gasteiger partial charge in [-0.15, -0.1) is 137 Å². The van der Waals surface area contributed by atoms with Crippen LogP contribution in [0.3, 0.4) is 0 Å². The Labute approximate surface area is 440 Å². The van der Waals surface area contributed by atoms with E-state index in [0.717, 1.165) is 0 Å². The third-order valence-electron chi connectivity index (χ3n) is 11.8. The summed E-state index contributed by atoms with van der Waals surface area (Å²) in [6.45, 7) is 4.40. The van der Waals surface area contributed by atoms with Crippen molar-refractivity contribution < 1.29 is 77.2 Å². The van der Waals surface area contributed by atoms with E-state index in [9.17, 15) is 0 Å². The largest absolute Gasteiger partial charge is 2.00 e. The van der Waals surface area contributed by atoms with E-state index in [4.69, 9.17) is 0 Å². The summed E-state index contributed by atoms with van der Waals surface area (Å²) in [6.07, 6.45) is 0.